The molecule has 0 N–H and O–H groups in total. The van der Waals surface area contributed by atoms with Crippen LogP contribution in [0.4, 0.5) is 33.5 Å². The van der Waals surface area contributed by atoms with Gasteiger partial charge in [0.05, 0.1) is 11.7 Å². The molecule has 0 aliphatic carbocycles. The molecule has 2 fully saturated rings. The topological polar surface area (TPSA) is 50.1 Å². The standard InChI is InChI=1S/C20H19F5N6/c21-17(22)9-31-15-6-18(27-7-13(15)8-28-31)29-4-2-19(10-29)11-30(12-19)14-1-3-26-16(5-14)20(23,24)25/h1,3,5-8,17H,2,4,9-12H2. The van der Waals surface area contributed by atoms with Gasteiger partial charge in [-0.25, -0.2) is 13.8 Å². The lowest BCUT2D eigenvalue weighted by molar-refractivity contribution is -0.141. The van der Waals surface area contributed by atoms with Crippen molar-refractivity contribution < 1.29 is 22.0 Å². The van der Waals surface area contributed by atoms with E-state index >= 15 is 0 Å². The van der Waals surface area contributed by atoms with Crippen LogP contribution in [0.25, 0.3) is 10.9 Å². The highest BCUT2D eigenvalue weighted by molar-refractivity contribution is 5.80. The molecule has 0 radical (unpaired) electrons. The number of halogens is 5. The van der Waals surface area contributed by atoms with Crippen LogP contribution in [0.15, 0.2) is 36.8 Å². The lowest BCUT2D eigenvalue weighted by Gasteiger charge is -2.49. The summed E-state index contributed by atoms with van der Waals surface area (Å²) in [4.78, 5) is 11.9. The zero-order chi connectivity index (χ0) is 21.8. The summed E-state index contributed by atoms with van der Waals surface area (Å²) in [5.41, 5.74) is 0.207. The molecule has 0 aromatic carbocycles. The van der Waals surface area contributed by atoms with Crippen molar-refractivity contribution in [2.75, 3.05) is 36.0 Å². The van der Waals surface area contributed by atoms with Crippen molar-refractivity contribution in [1.29, 1.82) is 0 Å². The Bertz CT molecular complexity index is 1100. The average molecular weight is 438 g/mol. The van der Waals surface area contributed by atoms with Crippen molar-refractivity contribution >= 4 is 22.4 Å². The second kappa shape index (κ2) is 7.03. The Morgan fingerprint density at radius 1 is 1.03 bits per heavy atom. The van der Waals surface area contributed by atoms with E-state index in [9.17, 15) is 22.0 Å². The zero-order valence-corrected chi connectivity index (χ0v) is 16.4. The van der Waals surface area contributed by atoms with Crippen LogP contribution in [0.5, 0.6) is 0 Å². The lowest BCUT2D eigenvalue weighted by Crippen LogP contribution is -2.57. The molecule has 6 nitrogen and oxygen atoms in total. The summed E-state index contributed by atoms with van der Waals surface area (Å²) in [6.07, 6.45) is -1.74. The smallest absolute Gasteiger partial charge is 0.370 e. The highest BCUT2D eigenvalue weighted by atomic mass is 19.4. The van der Waals surface area contributed by atoms with Crippen LogP contribution in [-0.4, -0.2) is 52.4 Å². The number of rotatable bonds is 4. The monoisotopic (exact) mass is 438 g/mol. The molecule has 31 heavy (non-hydrogen) atoms. The molecule has 164 valence electrons. The number of hydrogen-bond acceptors (Lipinski definition) is 5. The first-order valence-corrected chi connectivity index (χ1v) is 9.85. The summed E-state index contributed by atoms with van der Waals surface area (Å²) >= 11 is 0. The van der Waals surface area contributed by atoms with Gasteiger partial charge < -0.3 is 9.80 Å². The molecule has 5 heterocycles. The number of fused-ring (bicyclic) bond motifs is 1. The number of pyridine rings is 2. The van der Waals surface area contributed by atoms with E-state index in [0.29, 0.717) is 42.0 Å². The molecule has 2 aliphatic rings. The van der Waals surface area contributed by atoms with E-state index in [1.54, 1.807) is 18.3 Å². The van der Waals surface area contributed by atoms with Crippen molar-refractivity contribution in [3.05, 3.63) is 42.5 Å². The van der Waals surface area contributed by atoms with Crippen LogP contribution in [0.2, 0.25) is 0 Å². The molecule has 1 spiro atoms. The predicted octanol–water partition coefficient (Wildman–Crippen LogP) is 3.83. The largest absolute Gasteiger partial charge is 0.433 e. The van der Waals surface area contributed by atoms with Gasteiger partial charge in [-0.15, -0.1) is 0 Å². The molecule has 0 saturated carbocycles. The third-order valence-electron chi connectivity index (χ3n) is 6.04. The minimum atomic E-state index is -4.47. The Morgan fingerprint density at radius 2 is 1.81 bits per heavy atom. The molecular formula is C20H19F5N6. The number of anilines is 2. The van der Waals surface area contributed by atoms with Crippen LogP contribution in [0.3, 0.4) is 0 Å². The molecule has 11 heteroatoms. The normalized spacial score (nSPS) is 18.4. The Hall–Kier alpha value is -2.98. The summed E-state index contributed by atoms with van der Waals surface area (Å²) in [5, 5.41) is 4.71. The molecule has 0 unspecified atom stereocenters. The number of alkyl halides is 5. The van der Waals surface area contributed by atoms with Gasteiger partial charge in [-0.05, 0) is 18.6 Å². The van der Waals surface area contributed by atoms with E-state index in [2.05, 4.69) is 20.0 Å². The Labute approximate surface area is 174 Å². The summed E-state index contributed by atoms with van der Waals surface area (Å²) < 4.78 is 65.7. The fourth-order valence-electron chi connectivity index (χ4n) is 4.52. The highest BCUT2D eigenvalue weighted by Gasteiger charge is 2.48. The van der Waals surface area contributed by atoms with Gasteiger partial charge in [0.1, 0.15) is 18.1 Å². The van der Waals surface area contributed by atoms with Gasteiger partial charge in [-0.1, -0.05) is 0 Å². The fraction of sp³-hybridized carbons (Fsp3) is 0.450. The van der Waals surface area contributed by atoms with Crippen molar-refractivity contribution in [2.45, 2.75) is 25.6 Å². The van der Waals surface area contributed by atoms with Crippen LogP contribution in [-0.2, 0) is 12.7 Å². The second-order valence-electron chi connectivity index (χ2n) is 8.24. The minimum Gasteiger partial charge on any atom is -0.370 e. The SMILES string of the molecule is FC(F)Cn1ncc2cnc(N3CCC4(CN(c5ccnc(C(F)(F)F)c5)C4)C3)cc21. The predicted molar refractivity (Wildman–Crippen MR) is 104 cm³/mol. The number of hydrogen-bond donors (Lipinski definition) is 0. The number of nitrogens with zero attached hydrogens (tertiary/aromatic N) is 6. The van der Waals surface area contributed by atoms with E-state index in [-0.39, 0.29) is 5.41 Å². The highest BCUT2D eigenvalue weighted by Crippen LogP contribution is 2.43. The van der Waals surface area contributed by atoms with Crippen LogP contribution < -0.4 is 9.80 Å². The molecule has 0 atom stereocenters. The maximum absolute atomic E-state index is 12.9. The van der Waals surface area contributed by atoms with Crippen LogP contribution >= 0.6 is 0 Å². The van der Waals surface area contributed by atoms with Crippen molar-refractivity contribution in [3.63, 3.8) is 0 Å². The Morgan fingerprint density at radius 3 is 2.55 bits per heavy atom. The van der Waals surface area contributed by atoms with Gasteiger partial charge in [0, 0.05) is 61.1 Å². The molecule has 3 aromatic rings. The molecular weight excluding hydrogens is 419 g/mol. The summed E-state index contributed by atoms with van der Waals surface area (Å²) in [6, 6.07) is 4.45. The summed E-state index contributed by atoms with van der Waals surface area (Å²) in [7, 11) is 0. The van der Waals surface area contributed by atoms with E-state index in [4.69, 9.17) is 0 Å². The Kier molecular flexibility index (Phi) is 4.52. The Balaban J connectivity index is 1.29. The molecule has 5 rings (SSSR count). The summed E-state index contributed by atoms with van der Waals surface area (Å²) in [6.45, 7) is 2.28. The first-order valence-electron chi connectivity index (χ1n) is 9.85. The zero-order valence-electron chi connectivity index (χ0n) is 16.4. The van der Waals surface area contributed by atoms with E-state index in [1.807, 2.05) is 4.90 Å². The molecule has 2 aliphatic heterocycles. The van der Waals surface area contributed by atoms with E-state index in [0.717, 1.165) is 19.0 Å². The molecule has 3 aromatic heterocycles. The minimum absolute atomic E-state index is 0.0263. The first-order chi connectivity index (χ1) is 14.7. The van der Waals surface area contributed by atoms with Crippen molar-refractivity contribution in [2.24, 2.45) is 5.41 Å². The van der Waals surface area contributed by atoms with E-state index in [1.165, 1.54) is 17.1 Å². The van der Waals surface area contributed by atoms with Gasteiger partial charge in [0.25, 0.3) is 6.43 Å². The molecule has 2 saturated heterocycles. The van der Waals surface area contributed by atoms with Crippen molar-refractivity contribution in [3.8, 4) is 0 Å². The quantitative estimate of drug-likeness (QED) is 0.580. The summed E-state index contributed by atoms with van der Waals surface area (Å²) in [5.74, 6) is 0.696. The second-order valence-corrected chi connectivity index (χ2v) is 8.24. The fourth-order valence-corrected chi connectivity index (χ4v) is 4.52. The molecule has 0 amide bonds. The van der Waals surface area contributed by atoms with Gasteiger partial charge >= 0.3 is 6.18 Å². The third kappa shape index (κ3) is 3.66. The van der Waals surface area contributed by atoms with Gasteiger partial charge in [-0.3, -0.25) is 9.67 Å². The third-order valence-corrected chi connectivity index (χ3v) is 6.04. The first kappa shape index (κ1) is 20.0. The van der Waals surface area contributed by atoms with Gasteiger partial charge in [0.15, 0.2) is 0 Å². The van der Waals surface area contributed by atoms with Crippen molar-refractivity contribution in [1.82, 2.24) is 19.7 Å². The average Bonchev–Trinajstić information content (AvgIpc) is 3.31. The number of aromatic nitrogens is 4. The molecule has 0 bridgehead atoms. The van der Waals surface area contributed by atoms with Crippen LogP contribution in [0, 0.1) is 5.41 Å². The maximum atomic E-state index is 12.9. The van der Waals surface area contributed by atoms with Gasteiger partial charge in [0.2, 0.25) is 0 Å². The van der Waals surface area contributed by atoms with Crippen LogP contribution in [0.1, 0.15) is 12.1 Å². The maximum Gasteiger partial charge on any atom is 0.433 e. The lowest BCUT2D eigenvalue weighted by atomic mass is 9.79. The van der Waals surface area contributed by atoms with E-state index < -0.39 is 24.8 Å². The van der Waals surface area contributed by atoms with Gasteiger partial charge in [-0.2, -0.15) is 18.3 Å².